The van der Waals surface area contributed by atoms with Gasteiger partial charge in [-0.3, -0.25) is 0 Å². The normalized spacial score (nSPS) is 27.1. The van der Waals surface area contributed by atoms with Gasteiger partial charge in [-0.05, 0) is 25.3 Å². The zero-order valence-electron chi connectivity index (χ0n) is 7.23. The maximum Gasteiger partial charge on any atom is 0.103 e. The molecule has 0 aromatic carbocycles. The lowest BCUT2D eigenvalue weighted by atomic mass is 10.0. The molecule has 0 bridgehead atoms. The van der Waals surface area contributed by atoms with Crippen molar-refractivity contribution in [2.45, 2.75) is 38.5 Å². The first-order valence-electron chi connectivity index (χ1n) is 5.01. The summed E-state index contributed by atoms with van der Waals surface area (Å²) in [5.74, 6) is 0. The van der Waals surface area contributed by atoms with E-state index in [9.17, 15) is 0 Å². The van der Waals surface area contributed by atoms with Gasteiger partial charge >= 0.3 is 0 Å². The summed E-state index contributed by atoms with van der Waals surface area (Å²) in [6.45, 7) is 2.82. The Morgan fingerprint density at radius 3 is 2.45 bits per heavy atom. The first-order chi connectivity index (χ1) is 5.47. The van der Waals surface area contributed by atoms with Crippen LogP contribution in [0.5, 0.6) is 0 Å². The maximum atomic E-state index is 2.49. The second-order valence-electron chi connectivity index (χ2n) is 3.79. The fourth-order valence-electron chi connectivity index (χ4n) is 2.28. The Bertz CT molecular complexity index is 154. The van der Waals surface area contributed by atoms with Gasteiger partial charge in [-0.15, -0.1) is 0 Å². The monoisotopic (exact) mass is 152 g/mol. The van der Waals surface area contributed by atoms with Gasteiger partial charge in [-0.2, -0.15) is 0 Å². The van der Waals surface area contributed by atoms with Gasteiger partial charge < -0.3 is 4.90 Å². The lowest BCUT2D eigenvalue weighted by Crippen LogP contribution is -3.08. The maximum absolute atomic E-state index is 2.49. The van der Waals surface area contributed by atoms with Crippen molar-refractivity contribution in [2.24, 2.45) is 0 Å². The van der Waals surface area contributed by atoms with Crippen molar-refractivity contribution in [2.75, 3.05) is 13.1 Å². The molecule has 2 rings (SSSR count). The average Bonchev–Trinajstić information content (AvgIpc) is 2.58. The molecule has 0 radical (unpaired) electrons. The Morgan fingerprint density at radius 1 is 1.00 bits per heavy atom. The smallest absolute Gasteiger partial charge is 0.103 e. The zero-order chi connectivity index (χ0) is 7.52. The SMILES string of the molecule is C1=C([NH+]2CCCC2)CCCC1. The summed E-state index contributed by atoms with van der Waals surface area (Å²) in [6.07, 6.45) is 11.0. The van der Waals surface area contributed by atoms with Gasteiger partial charge in [-0.25, -0.2) is 0 Å². The molecule has 1 saturated heterocycles. The summed E-state index contributed by atoms with van der Waals surface area (Å²) in [4.78, 5) is 1.80. The van der Waals surface area contributed by atoms with Crippen molar-refractivity contribution in [3.63, 3.8) is 0 Å². The lowest BCUT2D eigenvalue weighted by Gasteiger charge is -2.18. The summed E-state index contributed by atoms with van der Waals surface area (Å²) in [7, 11) is 0. The molecule has 0 aromatic heterocycles. The lowest BCUT2D eigenvalue weighted by molar-refractivity contribution is -0.849. The minimum atomic E-state index is 1.35. The first-order valence-corrected chi connectivity index (χ1v) is 5.01. The van der Waals surface area contributed by atoms with Crippen LogP contribution in [0.25, 0.3) is 0 Å². The number of hydrogen-bond acceptors (Lipinski definition) is 0. The van der Waals surface area contributed by atoms with Gasteiger partial charge in [0.1, 0.15) is 5.70 Å². The Labute approximate surface area is 69.1 Å². The van der Waals surface area contributed by atoms with Crippen LogP contribution in [-0.2, 0) is 0 Å². The predicted molar refractivity (Wildman–Crippen MR) is 46.5 cm³/mol. The first kappa shape index (κ1) is 7.35. The Hall–Kier alpha value is -0.300. The summed E-state index contributed by atoms with van der Waals surface area (Å²) < 4.78 is 0. The number of quaternary nitrogens is 1. The quantitative estimate of drug-likeness (QED) is 0.574. The van der Waals surface area contributed by atoms with Gasteiger partial charge in [0.05, 0.1) is 13.1 Å². The summed E-state index contributed by atoms with van der Waals surface area (Å²) in [5.41, 5.74) is 1.73. The van der Waals surface area contributed by atoms with Crippen molar-refractivity contribution in [3.8, 4) is 0 Å². The second-order valence-corrected chi connectivity index (χ2v) is 3.79. The molecule has 0 aromatic rings. The molecule has 11 heavy (non-hydrogen) atoms. The van der Waals surface area contributed by atoms with Crippen molar-refractivity contribution < 1.29 is 4.90 Å². The molecule has 0 unspecified atom stereocenters. The van der Waals surface area contributed by atoms with Crippen molar-refractivity contribution >= 4 is 0 Å². The molecule has 2 aliphatic rings. The molecule has 1 aliphatic carbocycles. The Kier molecular flexibility index (Phi) is 2.27. The van der Waals surface area contributed by atoms with E-state index in [1.165, 1.54) is 51.6 Å². The molecule has 1 heterocycles. The highest BCUT2D eigenvalue weighted by Crippen LogP contribution is 2.13. The Balaban J connectivity index is 1.96. The fourth-order valence-corrected chi connectivity index (χ4v) is 2.28. The van der Waals surface area contributed by atoms with E-state index >= 15 is 0 Å². The number of allylic oxidation sites excluding steroid dienone is 2. The average molecular weight is 152 g/mol. The molecular formula is C10H18N+. The molecule has 1 nitrogen and oxygen atoms in total. The second kappa shape index (κ2) is 3.40. The van der Waals surface area contributed by atoms with Crippen LogP contribution in [0.2, 0.25) is 0 Å². The summed E-state index contributed by atoms with van der Waals surface area (Å²) >= 11 is 0. The Morgan fingerprint density at radius 2 is 1.82 bits per heavy atom. The number of hydrogen-bond donors (Lipinski definition) is 1. The third kappa shape index (κ3) is 1.64. The largest absolute Gasteiger partial charge is 0.306 e. The van der Waals surface area contributed by atoms with Crippen LogP contribution in [0.4, 0.5) is 0 Å². The van der Waals surface area contributed by atoms with Crippen LogP contribution < -0.4 is 4.90 Å². The van der Waals surface area contributed by atoms with E-state index in [-0.39, 0.29) is 0 Å². The number of nitrogens with one attached hydrogen (secondary N) is 1. The van der Waals surface area contributed by atoms with Crippen LogP contribution >= 0.6 is 0 Å². The van der Waals surface area contributed by atoms with Gasteiger partial charge in [0.2, 0.25) is 0 Å². The molecule has 1 heteroatoms. The van der Waals surface area contributed by atoms with Crippen LogP contribution in [0.1, 0.15) is 38.5 Å². The summed E-state index contributed by atoms with van der Waals surface area (Å²) in [6, 6.07) is 0. The molecule has 1 N–H and O–H groups in total. The van der Waals surface area contributed by atoms with Crippen LogP contribution in [0.3, 0.4) is 0 Å². The third-order valence-corrected chi connectivity index (χ3v) is 2.95. The van der Waals surface area contributed by atoms with Gasteiger partial charge in [0.15, 0.2) is 0 Å². The standard InChI is InChI=1S/C10H17N/c1-2-6-10(7-3-1)11-8-4-5-9-11/h6H,1-5,7-9H2/p+1. The minimum Gasteiger partial charge on any atom is -0.306 e. The van der Waals surface area contributed by atoms with E-state index in [4.69, 9.17) is 0 Å². The van der Waals surface area contributed by atoms with E-state index < -0.39 is 0 Å². The molecule has 1 aliphatic heterocycles. The van der Waals surface area contributed by atoms with Gasteiger partial charge in [0.25, 0.3) is 0 Å². The van der Waals surface area contributed by atoms with E-state index in [0.717, 1.165) is 0 Å². The predicted octanol–water partition coefficient (Wildman–Crippen LogP) is 1.12. The molecule has 62 valence electrons. The van der Waals surface area contributed by atoms with Crippen molar-refractivity contribution in [3.05, 3.63) is 11.8 Å². The number of rotatable bonds is 1. The molecule has 0 amide bonds. The fraction of sp³-hybridized carbons (Fsp3) is 0.800. The van der Waals surface area contributed by atoms with Crippen LogP contribution in [-0.4, -0.2) is 13.1 Å². The van der Waals surface area contributed by atoms with Crippen LogP contribution in [0.15, 0.2) is 11.8 Å². The third-order valence-electron chi connectivity index (χ3n) is 2.95. The van der Waals surface area contributed by atoms with Crippen molar-refractivity contribution in [1.29, 1.82) is 0 Å². The van der Waals surface area contributed by atoms with E-state index in [1.54, 1.807) is 10.6 Å². The van der Waals surface area contributed by atoms with E-state index in [2.05, 4.69) is 6.08 Å². The highest BCUT2D eigenvalue weighted by molar-refractivity contribution is 4.95. The van der Waals surface area contributed by atoms with E-state index in [1.807, 2.05) is 0 Å². The zero-order valence-corrected chi connectivity index (χ0v) is 7.23. The number of likely N-dealkylation sites (tertiary alicyclic amines) is 1. The minimum absolute atomic E-state index is 1.35. The summed E-state index contributed by atoms with van der Waals surface area (Å²) in [5, 5.41) is 0. The van der Waals surface area contributed by atoms with Crippen molar-refractivity contribution in [1.82, 2.24) is 0 Å². The molecular weight excluding hydrogens is 134 g/mol. The van der Waals surface area contributed by atoms with Crippen LogP contribution in [0, 0.1) is 0 Å². The highest BCUT2D eigenvalue weighted by atomic mass is 15.1. The molecule has 0 saturated carbocycles. The molecule has 0 spiro atoms. The highest BCUT2D eigenvalue weighted by Gasteiger charge is 2.20. The topological polar surface area (TPSA) is 4.44 Å². The molecule has 0 atom stereocenters. The van der Waals surface area contributed by atoms with Gasteiger partial charge in [-0.1, -0.05) is 0 Å². The van der Waals surface area contributed by atoms with E-state index in [0.29, 0.717) is 0 Å². The molecule has 1 fully saturated rings. The van der Waals surface area contributed by atoms with Gasteiger partial charge in [0, 0.05) is 19.3 Å².